The number of amides is 1. The van der Waals surface area contributed by atoms with Gasteiger partial charge in [-0.2, -0.15) is 0 Å². The van der Waals surface area contributed by atoms with Crippen molar-refractivity contribution < 1.29 is 19.2 Å². The Kier molecular flexibility index (Phi) is 7.49. The van der Waals surface area contributed by atoms with Crippen molar-refractivity contribution in [2.45, 2.75) is 25.9 Å². The van der Waals surface area contributed by atoms with Crippen molar-refractivity contribution in [3.05, 3.63) is 67.7 Å². The fourth-order valence-corrected chi connectivity index (χ4v) is 3.55. The van der Waals surface area contributed by atoms with E-state index in [1.165, 1.54) is 48.2 Å². The van der Waals surface area contributed by atoms with Crippen LogP contribution in [0.4, 0.5) is 5.69 Å². The largest absolute Gasteiger partial charge is 0.493 e. The topological polar surface area (TPSA) is 117 Å². The summed E-state index contributed by atoms with van der Waals surface area (Å²) >= 11 is 6.12. The molecule has 0 bridgehead atoms. The summed E-state index contributed by atoms with van der Waals surface area (Å²) in [7, 11) is 4.59. The van der Waals surface area contributed by atoms with Gasteiger partial charge in [0, 0.05) is 49.8 Å². The number of methoxy groups -OCH3 is 2. The second kappa shape index (κ2) is 10.3. The minimum atomic E-state index is -0.511. The Morgan fingerprint density at radius 1 is 1.21 bits per heavy atom. The molecule has 0 aliphatic rings. The number of carbonyl (C=O) groups is 1. The van der Waals surface area contributed by atoms with Gasteiger partial charge in [0.25, 0.3) is 11.2 Å². The van der Waals surface area contributed by atoms with Crippen LogP contribution in [0, 0.1) is 10.1 Å². The lowest BCUT2D eigenvalue weighted by atomic mass is 10.1. The first-order valence-electron chi connectivity index (χ1n) is 10.0. The third-order valence-corrected chi connectivity index (χ3v) is 5.56. The first-order chi connectivity index (χ1) is 15.7. The lowest BCUT2D eigenvalue weighted by molar-refractivity contribution is -0.384. The molecule has 3 rings (SSSR count). The molecule has 0 N–H and O–H groups in total. The Bertz CT molecular complexity index is 1260. The van der Waals surface area contributed by atoms with Crippen LogP contribution in [0.25, 0.3) is 10.9 Å². The molecule has 0 unspecified atom stereocenters. The summed E-state index contributed by atoms with van der Waals surface area (Å²) < 4.78 is 11.9. The SMILES string of the molecule is COc1cc2ncn(CCCC(=O)N(C)Cc3cc([N+](=O)[O-])ccc3Cl)c(=O)c2cc1OC. The maximum absolute atomic E-state index is 12.8. The molecule has 0 aliphatic heterocycles. The number of nitrogens with zero attached hydrogens (tertiary/aromatic N) is 4. The predicted octanol–water partition coefficient (Wildman–Crippen LogP) is 3.41. The Morgan fingerprint density at radius 3 is 2.58 bits per heavy atom. The van der Waals surface area contributed by atoms with Gasteiger partial charge in [-0.3, -0.25) is 24.3 Å². The Hall–Kier alpha value is -3.66. The van der Waals surface area contributed by atoms with Crippen LogP contribution in [0.1, 0.15) is 18.4 Å². The highest BCUT2D eigenvalue weighted by Gasteiger charge is 2.15. The lowest BCUT2D eigenvalue weighted by Crippen LogP contribution is -2.27. The molecular formula is C22H23ClN4O6. The quantitative estimate of drug-likeness (QED) is 0.344. The number of benzene rings is 2. The Morgan fingerprint density at radius 2 is 1.91 bits per heavy atom. The minimum absolute atomic E-state index is 0.0901. The minimum Gasteiger partial charge on any atom is -0.493 e. The molecule has 0 aliphatic carbocycles. The summed E-state index contributed by atoms with van der Waals surface area (Å²) in [6.07, 6.45) is 2.03. The van der Waals surface area contributed by atoms with Crippen molar-refractivity contribution in [1.29, 1.82) is 0 Å². The smallest absolute Gasteiger partial charge is 0.269 e. The highest BCUT2D eigenvalue weighted by Crippen LogP contribution is 2.29. The highest BCUT2D eigenvalue weighted by atomic mass is 35.5. The number of rotatable bonds is 9. The average molecular weight is 475 g/mol. The van der Waals surface area contributed by atoms with Crippen LogP contribution in [0.15, 0.2) is 41.5 Å². The standard InChI is InChI=1S/C22H23ClN4O6/c1-25(12-14-9-15(27(30)31)6-7-17(14)23)21(28)5-4-8-26-13-24-18-11-20(33-3)19(32-2)10-16(18)22(26)29/h6-7,9-11,13H,4-5,8,12H2,1-3H3. The van der Waals surface area contributed by atoms with Crippen molar-refractivity contribution in [3.8, 4) is 11.5 Å². The number of aromatic nitrogens is 2. The molecule has 174 valence electrons. The zero-order valence-electron chi connectivity index (χ0n) is 18.4. The monoisotopic (exact) mass is 474 g/mol. The van der Waals surface area contributed by atoms with E-state index in [9.17, 15) is 19.7 Å². The van der Waals surface area contributed by atoms with Crippen LogP contribution in [0.3, 0.4) is 0 Å². The zero-order chi connectivity index (χ0) is 24.1. The summed E-state index contributed by atoms with van der Waals surface area (Å²) in [5, 5.41) is 11.7. The highest BCUT2D eigenvalue weighted by molar-refractivity contribution is 6.31. The van der Waals surface area contributed by atoms with Crippen LogP contribution in [-0.4, -0.2) is 46.5 Å². The van der Waals surface area contributed by atoms with Gasteiger partial charge in [-0.25, -0.2) is 4.98 Å². The van der Waals surface area contributed by atoms with E-state index in [1.54, 1.807) is 19.2 Å². The number of fused-ring (bicyclic) bond motifs is 1. The van der Waals surface area contributed by atoms with Gasteiger partial charge in [-0.1, -0.05) is 11.6 Å². The second-order valence-corrected chi connectivity index (χ2v) is 7.76. The second-order valence-electron chi connectivity index (χ2n) is 7.35. The molecule has 3 aromatic rings. The van der Waals surface area contributed by atoms with E-state index < -0.39 is 4.92 Å². The third-order valence-electron chi connectivity index (χ3n) is 5.19. The number of carbonyl (C=O) groups excluding carboxylic acids is 1. The molecule has 1 heterocycles. The molecular weight excluding hydrogens is 452 g/mol. The van der Waals surface area contributed by atoms with Crippen LogP contribution in [0.2, 0.25) is 5.02 Å². The Balaban J connectivity index is 1.65. The first-order valence-corrected chi connectivity index (χ1v) is 10.4. The fraction of sp³-hybridized carbons (Fsp3) is 0.318. The number of hydrogen-bond acceptors (Lipinski definition) is 7. The molecule has 1 aromatic heterocycles. The normalized spacial score (nSPS) is 10.8. The number of non-ortho nitro benzene ring substituents is 1. The number of aryl methyl sites for hydroxylation is 1. The van der Waals surface area contributed by atoms with Crippen LogP contribution < -0.4 is 15.0 Å². The Labute approximate surface area is 194 Å². The van der Waals surface area contributed by atoms with Gasteiger partial charge in [0.15, 0.2) is 11.5 Å². The van der Waals surface area contributed by atoms with E-state index in [1.807, 2.05) is 0 Å². The molecule has 0 fully saturated rings. The zero-order valence-corrected chi connectivity index (χ0v) is 19.2. The van der Waals surface area contributed by atoms with Gasteiger partial charge in [0.05, 0.1) is 36.4 Å². The maximum Gasteiger partial charge on any atom is 0.269 e. The predicted molar refractivity (Wildman–Crippen MR) is 123 cm³/mol. The fourth-order valence-electron chi connectivity index (χ4n) is 3.38. The molecule has 0 atom stereocenters. The number of halogens is 1. The van der Waals surface area contributed by atoms with Gasteiger partial charge in [-0.15, -0.1) is 0 Å². The molecule has 10 nitrogen and oxygen atoms in total. The first kappa shape index (κ1) is 24.0. The molecule has 2 aromatic carbocycles. The van der Waals surface area contributed by atoms with Crippen LogP contribution in [0.5, 0.6) is 11.5 Å². The maximum atomic E-state index is 12.8. The van der Waals surface area contributed by atoms with E-state index in [4.69, 9.17) is 21.1 Å². The summed E-state index contributed by atoms with van der Waals surface area (Å²) in [5.74, 6) is 0.733. The summed E-state index contributed by atoms with van der Waals surface area (Å²) in [5.41, 5.74) is 0.636. The molecule has 0 radical (unpaired) electrons. The molecule has 0 saturated carbocycles. The van der Waals surface area contributed by atoms with Crippen LogP contribution in [-0.2, 0) is 17.9 Å². The van der Waals surface area contributed by atoms with Crippen molar-refractivity contribution in [2.75, 3.05) is 21.3 Å². The van der Waals surface area contributed by atoms with E-state index in [0.29, 0.717) is 46.0 Å². The van der Waals surface area contributed by atoms with Crippen LogP contribution >= 0.6 is 11.6 Å². The van der Waals surface area contributed by atoms with Gasteiger partial charge < -0.3 is 14.4 Å². The van der Waals surface area contributed by atoms with Crippen molar-refractivity contribution in [3.63, 3.8) is 0 Å². The third kappa shape index (κ3) is 5.40. The molecule has 1 amide bonds. The number of nitro benzene ring substituents is 1. The van der Waals surface area contributed by atoms with Crippen molar-refractivity contribution in [1.82, 2.24) is 14.5 Å². The number of nitro groups is 1. The van der Waals surface area contributed by atoms with E-state index in [2.05, 4.69) is 4.98 Å². The summed E-state index contributed by atoms with van der Waals surface area (Å²) in [4.78, 5) is 41.6. The molecule has 11 heteroatoms. The van der Waals surface area contributed by atoms with E-state index in [-0.39, 0.29) is 30.1 Å². The average Bonchev–Trinajstić information content (AvgIpc) is 2.80. The number of hydrogen-bond donors (Lipinski definition) is 0. The van der Waals surface area contributed by atoms with Gasteiger partial charge in [-0.05, 0) is 24.1 Å². The van der Waals surface area contributed by atoms with E-state index >= 15 is 0 Å². The summed E-state index contributed by atoms with van der Waals surface area (Å²) in [6.45, 7) is 0.436. The van der Waals surface area contributed by atoms with Gasteiger partial charge >= 0.3 is 0 Å². The molecule has 33 heavy (non-hydrogen) atoms. The van der Waals surface area contributed by atoms with Crippen molar-refractivity contribution in [2.24, 2.45) is 0 Å². The van der Waals surface area contributed by atoms with E-state index in [0.717, 1.165) is 0 Å². The van der Waals surface area contributed by atoms with Gasteiger partial charge in [0.2, 0.25) is 5.91 Å². The number of ether oxygens (including phenoxy) is 2. The summed E-state index contributed by atoms with van der Waals surface area (Å²) in [6, 6.07) is 7.33. The van der Waals surface area contributed by atoms with Gasteiger partial charge in [0.1, 0.15) is 0 Å². The molecule has 0 saturated heterocycles. The lowest BCUT2D eigenvalue weighted by Gasteiger charge is -2.18. The van der Waals surface area contributed by atoms with Crippen molar-refractivity contribution >= 4 is 34.1 Å². The molecule has 0 spiro atoms.